The summed E-state index contributed by atoms with van der Waals surface area (Å²) in [6, 6.07) is 7.86. The number of hydrogen-bond acceptors (Lipinski definition) is 5. The van der Waals surface area contributed by atoms with Crippen molar-refractivity contribution < 1.29 is 14.6 Å². The van der Waals surface area contributed by atoms with Gasteiger partial charge in [0.15, 0.2) is 0 Å². The van der Waals surface area contributed by atoms with Gasteiger partial charge < -0.3 is 4.74 Å². The van der Waals surface area contributed by atoms with Gasteiger partial charge in [-0.3, -0.25) is 20.2 Å². The van der Waals surface area contributed by atoms with Gasteiger partial charge in [-0.15, -0.1) is 0 Å². The van der Waals surface area contributed by atoms with Crippen LogP contribution in [0.15, 0.2) is 40.9 Å². The van der Waals surface area contributed by atoms with Crippen molar-refractivity contribution >= 4 is 38.9 Å². The molecule has 0 aliphatic carbocycles. The van der Waals surface area contributed by atoms with E-state index in [4.69, 9.17) is 16.3 Å². The van der Waals surface area contributed by atoms with E-state index in [0.717, 1.165) is 6.07 Å². The molecule has 2 aromatic rings. The predicted molar refractivity (Wildman–Crippen MR) is 79.0 cm³/mol. The van der Waals surface area contributed by atoms with Crippen molar-refractivity contribution in [2.24, 2.45) is 0 Å². The summed E-state index contributed by atoms with van der Waals surface area (Å²) >= 11 is 9.01. The maximum absolute atomic E-state index is 11.0. The lowest BCUT2D eigenvalue weighted by Gasteiger charge is -2.08. The second kappa shape index (κ2) is 6.06. The number of nitrogens with zero attached hydrogens (tertiary/aromatic N) is 2. The molecule has 0 spiro atoms. The van der Waals surface area contributed by atoms with Crippen LogP contribution in [0.5, 0.6) is 11.5 Å². The summed E-state index contributed by atoms with van der Waals surface area (Å²) in [6.07, 6.45) is 0. The fourth-order valence-electron chi connectivity index (χ4n) is 1.52. The lowest BCUT2D eigenvalue weighted by Crippen LogP contribution is -1.94. The van der Waals surface area contributed by atoms with Gasteiger partial charge in [0.25, 0.3) is 5.69 Å². The zero-order chi connectivity index (χ0) is 15.6. The van der Waals surface area contributed by atoms with E-state index >= 15 is 0 Å². The summed E-state index contributed by atoms with van der Waals surface area (Å²) in [7, 11) is 0. The van der Waals surface area contributed by atoms with Crippen LogP contribution in [0.4, 0.5) is 11.4 Å². The highest BCUT2D eigenvalue weighted by atomic mass is 79.9. The van der Waals surface area contributed by atoms with E-state index in [0.29, 0.717) is 4.47 Å². The Hall–Kier alpha value is -2.19. The van der Waals surface area contributed by atoms with Crippen LogP contribution < -0.4 is 4.74 Å². The monoisotopic (exact) mass is 372 g/mol. The molecule has 2 aromatic carbocycles. The zero-order valence-electron chi connectivity index (χ0n) is 10.2. The van der Waals surface area contributed by atoms with Crippen molar-refractivity contribution in [3.05, 3.63) is 66.1 Å². The van der Waals surface area contributed by atoms with Crippen molar-refractivity contribution in [2.75, 3.05) is 0 Å². The van der Waals surface area contributed by atoms with Gasteiger partial charge in [0.05, 0.1) is 14.9 Å². The van der Waals surface area contributed by atoms with Gasteiger partial charge in [-0.2, -0.15) is 0 Å². The minimum atomic E-state index is -0.599. The third kappa shape index (κ3) is 3.47. The van der Waals surface area contributed by atoms with Gasteiger partial charge in [-0.25, -0.2) is 0 Å². The maximum Gasteiger partial charge on any atom is 0.312 e. The van der Waals surface area contributed by atoms with Crippen molar-refractivity contribution in [3.8, 4) is 11.5 Å². The summed E-state index contributed by atoms with van der Waals surface area (Å²) in [4.78, 5) is 20.4. The second-order valence-corrected chi connectivity index (χ2v) is 5.17. The first kappa shape index (κ1) is 15.2. The van der Waals surface area contributed by atoms with E-state index in [1.807, 2.05) is 0 Å². The Kier molecular flexibility index (Phi) is 4.39. The Labute approximate surface area is 131 Å². The second-order valence-electron chi connectivity index (χ2n) is 3.84. The average molecular weight is 374 g/mol. The molecule has 0 unspecified atom stereocenters. The molecule has 0 N–H and O–H groups in total. The van der Waals surface area contributed by atoms with Crippen LogP contribution in [0, 0.1) is 20.2 Å². The Morgan fingerprint density at radius 2 is 1.67 bits per heavy atom. The Morgan fingerprint density at radius 1 is 1.00 bits per heavy atom. The molecule has 108 valence electrons. The minimum Gasteiger partial charge on any atom is -0.449 e. The fraction of sp³-hybridized carbons (Fsp3) is 0. The first-order chi connectivity index (χ1) is 9.88. The zero-order valence-corrected chi connectivity index (χ0v) is 12.5. The lowest BCUT2D eigenvalue weighted by atomic mass is 10.3. The highest BCUT2D eigenvalue weighted by Crippen LogP contribution is 2.37. The first-order valence-corrected chi connectivity index (χ1v) is 6.61. The van der Waals surface area contributed by atoms with Crippen LogP contribution >= 0.6 is 27.5 Å². The first-order valence-electron chi connectivity index (χ1n) is 5.44. The molecule has 0 amide bonds. The number of rotatable bonds is 4. The normalized spacial score (nSPS) is 10.2. The predicted octanol–water partition coefficient (Wildman–Crippen LogP) is 4.71. The molecule has 0 aromatic heterocycles. The molecular formula is C12H6BrClN2O5. The summed E-state index contributed by atoms with van der Waals surface area (Å²) in [5, 5.41) is 21.6. The van der Waals surface area contributed by atoms with Gasteiger partial charge in [-0.05, 0) is 18.2 Å². The van der Waals surface area contributed by atoms with Crippen molar-refractivity contribution in [2.45, 2.75) is 0 Å². The number of nitro benzene ring substituents is 2. The van der Waals surface area contributed by atoms with E-state index < -0.39 is 9.85 Å². The van der Waals surface area contributed by atoms with E-state index in [-0.39, 0.29) is 27.9 Å². The molecule has 0 radical (unpaired) electrons. The third-order valence-corrected chi connectivity index (χ3v) is 3.25. The minimum absolute atomic E-state index is 0.0126. The highest BCUT2D eigenvalue weighted by molar-refractivity contribution is 9.10. The molecule has 7 nitrogen and oxygen atoms in total. The average Bonchev–Trinajstić information content (AvgIpc) is 2.42. The standard InChI is InChI=1S/C12H6BrClN2O5/c13-7-1-3-12(10(5-7)16(19)20)21-11-4-2-8(15(17)18)6-9(11)14/h1-6H. The molecule has 0 saturated carbocycles. The molecule has 2 rings (SSSR count). The van der Waals surface area contributed by atoms with Crippen molar-refractivity contribution in [3.63, 3.8) is 0 Å². The molecule has 0 aliphatic rings. The largest absolute Gasteiger partial charge is 0.449 e. The molecule has 0 aliphatic heterocycles. The number of benzene rings is 2. The summed E-state index contributed by atoms with van der Waals surface area (Å²) < 4.78 is 5.90. The topological polar surface area (TPSA) is 95.5 Å². The van der Waals surface area contributed by atoms with Crippen molar-refractivity contribution in [1.29, 1.82) is 0 Å². The quantitative estimate of drug-likeness (QED) is 0.571. The van der Waals surface area contributed by atoms with Crippen LogP contribution in [-0.4, -0.2) is 9.85 Å². The number of ether oxygens (including phenoxy) is 1. The summed E-state index contributed by atoms with van der Waals surface area (Å²) in [6.45, 7) is 0. The highest BCUT2D eigenvalue weighted by Gasteiger charge is 2.18. The van der Waals surface area contributed by atoms with E-state index in [9.17, 15) is 20.2 Å². The van der Waals surface area contributed by atoms with Crippen LogP contribution in [-0.2, 0) is 0 Å². The molecule has 0 heterocycles. The van der Waals surface area contributed by atoms with Crippen LogP contribution in [0.3, 0.4) is 0 Å². The maximum atomic E-state index is 11.0. The Morgan fingerprint density at radius 3 is 2.24 bits per heavy atom. The lowest BCUT2D eigenvalue weighted by molar-refractivity contribution is -0.385. The van der Waals surface area contributed by atoms with Gasteiger partial charge in [-0.1, -0.05) is 27.5 Å². The molecule has 0 saturated heterocycles. The van der Waals surface area contributed by atoms with Gasteiger partial charge in [0.1, 0.15) is 5.75 Å². The van der Waals surface area contributed by atoms with E-state index in [2.05, 4.69) is 15.9 Å². The smallest absolute Gasteiger partial charge is 0.312 e. The van der Waals surface area contributed by atoms with Gasteiger partial charge >= 0.3 is 5.69 Å². The number of halogens is 2. The molecule has 0 fully saturated rings. The van der Waals surface area contributed by atoms with Crippen LogP contribution in [0.25, 0.3) is 0 Å². The molecular weight excluding hydrogens is 367 g/mol. The molecule has 0 bridgehead atoms. The van der Waals surface area contributed by atoms with Crippen LogP contribution in [0.1, 0.15) is 0 Å². The summed E-state index contributed by atoms with van der Waals surface area (Å²) in [5.41, 5.74) is -0.448. The Balaban J connectivity index is 2.39. The van der Waals surface area contributed by atoms with Gasteiger partial charge in [0.2, 0.25) is 5.75 Å². The van der Waals surface area contributed by atoms with E-state index in [1.165, 1.54) is 24.3 Å². The third-order valence-electron chi connectivity index (χ3n) is 2.46. The SMILES string of the molecule is O=[N+]([O-])c1ccc(Oc2ccc(Br)cc2[N+](=O)[O-])c(Cl)c1. The number of hydrogen-bond donors (Lipinski definition) is 0. The number of nitro groups is 2. The van der Waals surface area contributed by atoms with Crippen molar-refractivity contribution in [1.82, 2.24) is 0 Å². The number of non-ortho nitro benzene ring substituents is 1. The fourth-order valence-corrected chi connectivity index (χ4v) is 2.09. The van der Waals surface area contributed by atoms with Gasteiger partial charge in [0, 0.05) is 22.7 Å². The molecule has 0 atom stereocenters. The van der Waals surface area contributed by atoms with E-state index in [1.54, 1.807) is 6.07 Å². The molecule has 9 heteroatoms. The molecule has 21 heavy (non-hydrogen) atoms. The summed E-state index contributed by atoms with van der Waals surface area (Å²) in [5.74, 6) is 0.0756. The Bertz CT molecular complexity index is 738. The van der Waals surface area contributed by atoms with Crippen LogP contribution in [0.2, 0.25) is 5.02 Å².